The molecule has 0 bridgehead atoms. The minimum absolute atomic E-state index is 0.0350. The van der Waals surface area contributed by atoms with Gasteiger partial charge in [-0.2, -0.15) is 0 Å². The van der Waals surface area contributed by atoms with Crippen molar-refractivity contribution in [3.63, 3.8) is 0 Å². The van der Waals surface area contributed by atoms with Crippen molar-refractivity contribution in [3.05, 3.63) is 35.5 Å². The Bertz CT molecular complexity index is 735. The van der Waals surface area contributed by atoms with Gasteiger partial charge in [-0.25, -0.2) is 4.79 Å². The van der Waals surface area contributed by atoms with E-state index >= 15 is 0 Å². The molecule has 1 amide bonds. The lowest BCUT2D eigenvalue weighted by molar-refractivity contribution is -0.155. The number of nitrogens with one attached hydrogen (secondary N) is 1. The normalized spacial score (nSPS) is 20.8. The largest absolute Gasteiger partial charge is 0.467 e. The molecule has 5 nitrogen and oxygen atoms in total. The van der Waals surface area contributed by atoms with Crippen molar-refractivity contribution in [3.8, 4) is 0 Å². The minimum Gasteiger partial charge on any atom is -0.467 e. The maximum atomic E-state index is 12.3. The zero-order valence-corrected chi connectivity index (χ0v) is 13.1. The number of methoxy groups -OCH3 is 1. The molecule has 116 valence electrons. The van der Waals surface area contributed by atoms with Crippen LogP contribution >= 0.6 is 0 Å². The molecule has 22 heavy (non-hydrogen) atoms. The Kier molecular flexibility index (Phi) is 3.64. The average Bonchev–Trinajstić information content (AvgIpc) is 2.92. The van der Waals surface area contributed by atoms with Crippen molar-refractivity contribution >= 4 is 22.8 Å². The van der Waals surface area contributed by atoms with Crippen LogP contribution in [-0.4, -0.2) is 34.9 Å². The monoisotopic (exact) mass is 300 g/mol. The average molecular weight is 300 g/mol. The molecule has 1 N–H and O–H groups in total. The van der Waals surface area contributed by atoms with E-state index in [1.54, 1.807) is 4.90 Å². The summed E-state index contributed by atoms with van der Waals surface area (Å²) >= 11 is 0. The van der Waals surface area contributed by atoms with Crippen molar-refractivity contribution < 1.29 is 14.3 Å². The quantitative estimate of drug-likeness (QED) is 0.867. The van der Waals surface area contributed by atoms with E-state index in [2.05, 4.69) is 4.98 Å². The fourth-order valence-electron chi connectivity index (χ4n) is 3.40. The highest BCUT2D eigenvalue weighted by molar-refractivity contribution is 5.90. The minimum atomic E-state index is -0.556. The summed E-state index contributed by atoms with van der Waals surface area (Å²) in [7, 11) is 1.37. The predicted molar refractivity (Wildman–Crippen MR) is 83.4 cm³/mol. The van der Waals surface area contributed by atoms with Gasteiger partial charge in [0.25, 0.3) is 0 Å². The van der Waals surface area contributed by atoms with Crippen LogP contribution in [0.15, 0.2) is 24.3 Å². The third kappa shape index (κ3) is 2.08. The Morgan fingerprint density at radius 1 is 1.36 bits per heavy atom. The van der Waals surface area contributed by atoms with E-state index in [-0.39, 0.29) is 17.9 Å². The summed E-state index contributed by atoms with van der Waals surface area (Å²) in [4.78, 5) is 29.6. The fourth-order valence-corrected chi connectivity index (χ4v) is 3.40. The van der Waals surface area contributed by atoms with Gasteiger partial charge < -0.3 is 14.6 Å². The molecule has 0 saturated heterocycles. The van der Waals surface area contributed by atoms with Crippen LogP contribution in [0.4, 0.5) is 0 Å². The zero-order chi connectivity index (χ0) is 15.9. The number of nitrogens with zero attached hydrogens (tertiary/aromatic N) is 1. The van der Waals surface area contributed by atoms with Gasteiger partial charge in [-0.1, -0.05) is 25.1 Å². The number of ether oxygens (including phenoxy) is 1. The van der Waals surface area contributed by atoms with Gasteiger partial charge in [0, 0.05) is 29.4 Å². The van der Waals surface area contributed by atoms with Crippen molar-refractivity contribution in [2.45, 2.75) is 38.8 Å². The Morgan fingerprint density at radius 2 is 2.09 bits per heavy atom. The lowest BCUT2D eigenvalue weighted by Gasteiger charge is -2.39. The molecule has 1 aromatic heterocycles. The molecule has 0 saturated carbocycles. The number of aromatic nitrogens is 1. The summed E-state index contributed by atoms with van der Waals surface area (Å²) in [5, 5.41) is 1.11. The topological polar surface area (TPSA) is 62.4 Å². The number of fused-ring (bicyclic) bond motifs is 3. The van der Waals surface area contributed by atoms with E-state index in [1.165, 1.54) is 7.11 Å². The van der Waals surface area contributed by atoms with Crippen LogP contribution in [-0.2, 0) is 20.7 Å². The van der Waals surface area contributed by atoms with Gasteiger partial charge >= 0.3 is 5.97 Å². The molecule has 2 heterocycles. The van der Waals surface area contributed by atoms with Crippen molar-refractivity contribution in [1.82, 2.24) is 9.88 Å². The molecule has 0 radical (unpaired) electrons. The van der Waals surface area contributed by atoms with E-state index in [4.69, 9.17) is 4.74 Å². The second-order valence-electron chi connectivity index (χ2n) is 5.64. The molecular formula is C17H20N2O3. The number of H-pyrrole nitrogens is 1. The number of carbonyl (C=O) groups is 2. The summed E-state index contributed by atoms with van der Waals surface area (Å²) in [6, 6.07) is 7.29. The Labute approximate surface area is 129 Å². The first kappa shape index (κ1) is 14.6. The second kappa shape index (κ2) is 5.48. The fraction of sp³-hybridized carbons (Fsp3) is 0.412. The standard InChI is InChI=1S/C17H20N2O3/c1-4-15(20)19-10(2)16-12(9-14(19)17(21)22-3)11-7-5-6-8-13(11)18-16/h5-8,10,14,18H,4,9H2,1-3H3/t10-,14+/m1/s1. The summed E-state index contributed by atoms with van der Waals surface area (Å²) in [5.74, 6) is -0.392. The van der Waals surface area contributed by atoms with Gasteiger partial charge in [-0.3, -0.25) is 4.79 Å². The van der Waals surface area contributed by atoms with Crippen LogP contribution in [0.25, 0.3) is 10.9 Å². The van der Waals surface area contributed by atoms with Crippen LogP contribution in [0, 0.1) is 0 Å². The molecule has 3 rings (SSSR count). The Morgan fingerprint density at radius 3 is 2.77 bits per heavy atom. The van der Waals surface area contributed by atoms with E-state index in [0.717, 1.165) is 22.2 Å². The number of para-hydroxylation sites is 1. The van der Waals surface area contributed by atoms with Crippen LogP contribution in [0.3, 0.4) is 0 Å². The van der Waals surface area contributed by atoms with Gasteiger partial charge in [0.2, 0.25) is 5.91 Å². The van der Waals surface area contributed by atoms with E-state index in [9.17, 15) is 9.59 Å². The number of esters is 1. The van der Waals surface area contributed by atoms with Crippen molar-refractivity contribution in [2.75, 3.05) is 7.11 Å². The molecular weight excluding hydrogens is 280 g/mol. The molecule has 1 aromatic carbocycles. The Balaban J connectivity index is 2.14. The lowest BCUT2D eigenvalue weighted by atomic mass is 9.92. The number of hydrogen-bond acceptors (Lipinski definition) is 3. The van der Waals surface area contributed by atoms with Crippen molar-refractivity contribution in [1.29, 1.82) is 0 Å². The molecule has 0 unspecified atom stereocenters. The summed E-state index contributed by atoms with van der Waals surface area (Å²) in [6.07, 6.45) is 0.857. The third-order valence-electron chi connectivity index (χ3n) is 4.48. The van der Waals surface area contributed by atoms with Gasteiger partial charge in [-0.15, -0.1) is 0 Å². The number of rotatable bonds is 2. The summed E-state index contributed by atoms with van der Waals surface area (Å²) in [5.41, 5.74) is 3.16. The van der Waals surface area contributed by atoms with Gasteiger partial charge in [-0.05, 0) is 18.6 Å². The summed E-state index contributed by atoms with van der Waals surface area (Å²) in [6.45, 7) is 3.76. The molecule has 2 atom stereocenters. The highest BCUT2D eigenvalue weighted by Crippen LogP contribution is 2.37. The van der Waals surface area contributed by atoms with Crippen LogP contribution < -0.4 is 0 Å². The number of carbonyl (C=O) groups excluding carboxylic acids is 2. The molecule has 2 aromatic rings. The third-order valence-corrected chi connectivity index (χ3v) is 4.48. The second-order valence-corrected chi connectivity index (χ2v) is 5.64. The first-order valence-electron chi connectivity index (χ1n) is 7.57. The molecule has 1 aliphatic rings. The molecule has 0 spiro atoms. The molecule has 5 heteroatoms. The van der Waals surface area contributed by atoms with Gasteiger partial charge in [0.1, 0.15) is 6.04 Å². The summed E-state index contributed by atoms with van der Waals surface area (Å²) < 4.78 is 4.92. The number of benzene rings is 1. The van der Waals surface area contributed by atoms with E-state index in [1.807, 2.05) is 38.1 Å². The first-order valence-corrected chi connectivity index (χ1v) is 7.57. The first-order chi connectivity index (χ1) is 10.6. The number of aromatic amines is 1. The zero-order valence-electron chi connectivity index (χ0n) is 13.1. The number of amides is 1. The van der Waals surface area contributed by atoms with Gasteiger partial charge in [0.15, 0.2) is 0 Å². The smallest absolute Gasteiger partial charge is 0.328 e. The molecule has 0 fully saturated rings. The van der Waals surface area contributed by atoms with Crippen LogP contribution in [0.5, 0.6) is 0 Å². The van der Waals surface area contributed by atoms with Gasteiger partial charge in [0.05, 0.1) is 13.2 Å². The maximum absolute atomic E-state index is 12.3. The van der Waals surface area contributed by atoms with E-state index < -0.39 is 6.04 Å². The predicted octanol–water partition coefficient (Wildman–Crippen LogP) is 2.57. The highest BCUT2D eigenvalue weighted by atomic mass is 16.5. The molecule has 0 aliphatic carbocycles. The highest BCUT2D eigenvalue weighted by Gasteiger charge is 2.40. The maximum Gasteiger partial charge on any atom is 0.328 e. The van der Waals surface area contributed by atoms with E-state index in [0.29, 0.717) is 12.8 Å². The van der Waals surface area contributed by atoms with Crippen LogP contribution in [0.2, 0.25) is 0 Å². The Hall–Kier alpha value is -2.30. The SMILES string of the molecule is CCC(=O)N1[C@H](C)c2[nH]c3ccccc3c2C[C@H]1C(=O)OC. The van der Waals surface area contributed by atoms with Crippen molar-refractivity contribution in [2.24, 2.45) is 0 Å². The van der Waals surface area contributed by atoms with Crippen LogP contribution in [0.1, 0.15) is 37.6 Å². The molecule has 1 aliphatic heterocycles. The lowest BCUT2D eigenvalue weighted by Crippen LogP contribution is -2.50. The number of hydrogen-bond donors (Lipinski definition) is 1.